The lowest BCUT2D eigenvalue weighted by Crippen LogP contribution is -2.36. The quantitative estimate of drug-likeness (QED) is 0.818. The first-order chi connectivity index (χ1) is 10.9. The number of aliphatic hydroxyl groups excluding tert-OH is 1. The second kappa shape index (κ2) is 5.68. The Kier molecular flexibility index (Phi) is 3.83. The molecule has 0 radical (unpaired) electrons. The maximum atomic E-state index is 12.7. The van der Waals surface area contributed by atoms with Gasteiger partial charge < -0.3 is 10.4 Å². The molecule has 1 heterocycles. The van der Waals surface area contributed by atoms with Crippen molar-refractivity contribution in [3.05, 3.63) is 65.1 Å². The van der Waals surface area contributed by atoms with E-state index in [9.17, 15) is 13.5 Å². The number of rotatable bonds is 2. The normalized spacial score (nSPS) is 16.0. The number of aliphatic hydroxyl groups is 1. The Bertz CT molecular complexity index is 906. The topological polar surface area (TPSA) is 69.6 Å². The van der Waals surface area contributed by atoms with Crippen LogP contribution in [0.4, 0.5) is 11.4 Å². The van der Waals surface area contributed by atoms with Crippen LogP contribution in [0.1, 0.15) is 5.56 Å². The van der Waals surface area contributed by atoms with Crippen molar-refractivity contribution in [2.75, 3.05) is 16.7 Å². The zero-order valence-corrected chi connectivity index (χ0v) is 13.9. The van der Waals surface area contributed by atoms with Gasteiger partial charge in [-0.3, -0.25) is 4.31 Å². The Labute approximate surface area is 139 Å². The second-order valence-electron chi connectivity index (χ2n) is 4.99. The molecule has 23 heavy (non-hydrogen) atoms. The van der Waals surface area contributed by atoms with Gasteiger partial charge in [-0.15, -0.1) is 0 Å². The molecular weight excluding hydrogens is 332 g/mol. The van der Waals surface area contributed by atoms with Crippen LogP contribution in [0.2, 0.25) is 0 Å². The minimum Gasteiger partial charge on any atom is -0.506 e. The van der Waals surface area contributed by atoms with Gasteiger partial charge in [0, 0.05) is 18.3 Å². The first kappa shape index (κ1) is 15.5. The van der Waals surface area contributed by atoms with Gasteiger partial charge in [-0.2, -0.15) is 0 Å². The van der Waals surface area contributed by atoms with Crippen LogP contribution in [-0.2, 0) is 10.0 Å². The van der Waals surface area contributed by atoms with Crippen LogP contribution in [0.5, 0.6) is 0 Å². The summed E-state index contributed by atoms with van der Waals surface area (Å²) in [4.78, 5) is -0.340. The Morgan fingerprint density at radius 2 is 1.70 bits per heavy atom. The van der Waals surface area contributed by atoms with E-state index < -0.39 is 10.0 Å². The van der Waals surface area contributed by atoms with Crippen molar-refractivity contribution >= 4 is 44.4 Å². The fourth-order valence-electron chi connectivity index (χ4n) is 2.39. The Morgan fingerprint density at radius 1 is 1.09 bits per heavy atom. The molecule has 0 aromatic heterocycles. The molecule has 3 rings (SSSR count). The summed E-state index contributed by atoms with van der Waals surface area (Å²) in [6.07, 6.45) is 0. The summed E-state index contributed by atoms with van der Waals surface area (Å²) in [6, 6.07) is 15.7. The number of para-hydroxylation sites is 2. The lowest BCUT2D eigenvalue weighted by molar-refractivity contribution is 0.509. The molecule has 0 saturated heterocycles. The molecule has 0 fully saturated rings. The Morgan fingerprint density at radius 3 is 2.39 bits per heavy atom. The maximum Gasteiger partial charge on any atom is 0.270 e. The summed E-state index contributed by atoms with van der Waals surface area (Å²) in [5, 5.41) is 13.3. The van der Waals surface area contributed by atoms with Crippen LogP contribution in [0.25, 0.3) is 5.76 Å². The van der Waals surface area contributed by atoms with Gasteiger partial charge in [0.1, 0.15) is 10.7 Å². The predicted molar refractivity (Wildman–Crippen MR) is 96.0 cm³/mol. The number of hydrogen-bond donors (Lipinski definition) is 2. The van der Waals surface area contributed by atoms with Crippen LogP contribution in [0, 0.1) is 0 Å². The molecule has 2 N–H and O–H groups in total. The number of sulfonamides is 1. The smallest absolute Gasteiger partial charge is 0.270 e. The highest BCUT2D eigenvalue weighted by atomic mass is 32.2. The Hall–Kier alpha value is -2.38. The molecule has 7 heteroatoms. The van der Waals surface area contributed by atoms with Gasteiger partial charge in [0.2, 0.25) is 0 Å². The van der Waals surface area contributed by atoms with Gasteiger partial charge in [0.15, 0.2) is 4.91 Å². The third kappa shape index (κ3) is 2.58. The molecule has 0 bridgehead atoms. The third-order valence-electron chi connectivity index (χ3n) is 3.57. The zero-order valence-electron chi connectivity index (χ0n) is 12.2. The SMILES string of the molecule is CN1c2ccccc2C(O)=C(C(=S)Nc2ccccc2)S1(=O)=O. The van der Waals surface area contributed by atoms with E-state index in [1.54, 1.807) is 48.5 Å². The minimum absolute atomic E-state index is 0.0462. The molecular formula is C16H14N2O3S2. The van der Waals surface area contributed by atoms with Crippen molar-refractivity contribution in [3.8, 4) is 0 Å². The molecule has 0 unspecified atom stereocenters. The van der Waals surface area contributed by atoms with Crippen molar-refractivity contribution in [3.63, 3.8) is 0 Å². The van der Waals surface area contributed by atoms with Crippen molar-refractivity contribution < 1.29 is 13.5 Å². The van der Waals surface area contributed by atoms with Gasteiger partial charge in [0.25, 0.3) is 10.0 Å². The molecule has 0 saturated carbocycles. The van der Waals surface area contributed by atoms with E-state index in [0.29, 0.717) is 16.9 Å². The molecule has 2 aromatic carbocycles. The highest BCUT2D eigenvalue weighted by molar-refractivity contribution is 7.99. The number of nitrogens with one attached hydrogen (secondary N) is 1. The van der Waals surface area contributed by atoms with Gasteiger partial charge in [-0.25, -0.2) is 8.42 Å². The summed E-state index contributed by atoms with van der Waals surface area (Å²) >= 11 is 5.23. The number of nitrogens with zero attached hydrogens (tertiary/aromatic N) is 1. The van der Waals surface area contributed by atoms with Crippen LogP contribution in [-0.4, -0.2) is 25.6 Å². The second-order valence-corrected chi connectivity index (χ2v) is 7.30. The maximum absolute atomic E-state index is 12.7. The van der Waals surface area contributed by atoms with Crippen LogP contribution >= 0.6 is 12.2 Å². The Balaban J connectivity index is 2.11. The van der Waals surface area contributed by atoms with Crippen molar-refractivity contribution in [1.29, 1.82) is 0 Å². The average molecular weight is 346 g/mol. The number of thiocarbonyl (C=S) groups is 1. The minimum atomic E-state index is -3.92. The van der Waals surface area contributed by atoms with Crippen LogP contribution in [0.3, 0.4) is 0 Å². The van der Waals surface area contributed by atoms with E-state index in [2.05, 4.69) is 5.32 Å². The van der Waals surface area contributed by atoms with E-state index in [0.717, 1.165) is 4.31 Å². The first-order valence-corrected chi connectivity index (χ1v) is 8.65. The molecule has 0 amide bonds. The number of anilines is 2. The van der Waals surface area contributed by atoms with Gasteiger partial charge in [-0.05, 0) is 24.3 Å². The van der Waals surface area contributed by atoms with Gasteiger partial charge >= 0.3 is 0 Å². The summed E-state index contributed by atoms with van der Waals surface area (Å²) in [5.74, 6) is -0.341. The predicted octanol–water partition coefficient (Wildman–Crippen LogP) is 3.13. The monoisotopic (exact) mass is 346 g/mol. The van der Waals surface area contributed by atoms with Crippen molar-refractivity contribution in [1.82, 2.24) is 0 Å². The molecule has 1 aliphatic heterocycles. The van der Waals surface area contributed by atoms with Crippen LogP contribution in [0.15, 0.2) is 59.5 Å². The molecule has 118 valence electrons. The molecule has 2 aromatic rings. The van der Waals surface area contributed by atoms with E-state index in [-0.39, 0.29) is 15.7 Å². The van der Waals surface area contributed by atoms with Gasteiger partial charge in [-0.1, -0.05) is 42.5 Å². The summed E-state index contributed by atoms with van der Waals surface area (Å²) in [7, 11) is -2.49. The molecule has 0 spiro atoms. The average Bonchev–Trinajstić information content (AvgIpc) is 2.54. The highest BCUT2D eigenvalue weighted by Crippen LogP contribution is 2.37. The molecule has 0 aliphatic carbocycles. The largest absolute Gasteiger partial charge is 0.506 e. The van der Waals surface area contributed by atoms with Crippen molar-refractivity contribution in [2.45, 2.75) is 0 Å². The van der Waals surface area contributed by atoms with E-state index in [1.165, 1.54) is 7.05 Å². The summed E-state index contributed by atoms with van der Waals surface area (Å²) in [5.41, 5.74) is 1.49. The van der Waals surface area contributed by atoms with E-state index in [4.69, 9.17) is 12.2 Å². The third-order valence-corrected chi connectivity index (χ3v) is 5.84. The summed E-state index contributed by atoms with van der Waals surface area (Å²) < 4.78 is 26.5. The lowest BCUT2D eigenvalue weighted by Gasteiger charge is -2.29. The first-order valence-electron chi connectivity index (χ1n) is 6.81. The fraction of sp³-hybridized carbons (Fsp3) is 0.0625. The number of fused-ring (bicyclic) bond motifs is 1. The standard InChI is InChI=1S/C16H14N2O3S2/c1-18-13-10-6-5-9-12(13)14(19)15(23(18,20)21)16(22)17-11-7-3-2-4-8-11/h2-10,19H,1H3,(H,17,22). The lowest BCUT2D eigenvalue weighted by atomic mass is 10.1. The number of hydrogen-bond acceptors (Lipinski definition) is 4. The zero-order chi connectivity index (χ0) is 16.6. The van der Waals surface area contributed by atoms with Gasteiger partial charge in [0.05, 0.1) is 5.69 Å². The van der Waals surface area contributed by atoms with E-state index in [1.807, 2.05) is 6.07 Å². The number of benzene rings is 2. The molecule has 1 aliphatic rings. The molecule has 0 atom stereocenters. The highest BCUT2D eigenvalue weighted by Gasteiger charge is 2.37. The van der Waals surface area contributed by atoms with E-state index >= 15 is 0 Å². The van der Waals surface area contributed by atoms with Crippen LogP contribution < -0.4 is 9.62 Å². The van der Waals surface area contributed by atoms with Crippen molar-refractivity contribution in [2.24, 2.45) is 0 Å². The molecule has 5 nitrogen and oxygen atoms in total. The summed E-state index contributed by atoms with van der Waals surface area (Å²) in [6.45, 7) is 0. The fourth-order valence-corrected chi connectivity index (χ4v) is 4.26.